The van der Waals surface area contributed by atoms with Crippen molar-refractivity contribution in [3.8, 4) is 0 Å². The van der Waals surface area contributed by atoms with E-state index in [1.165, 1.54) is 5.70 Å². The number of hydrogen-bond donors (Lipinski definition) is 1. The Balaban J connectivity index is 0.000000222. The molecule has 0 bridgehead atoms. The van der Waals surface area contributed by atoms with Crippen LogP contribution in [0.25, 0.3) is 0 Å². The molecule has 0 aromatic rings. The zero-order valence-electron chi connectivity index (χ0n) is 6.15. The van der Waals surface area contributed by atoms with E-state index in [1.54, 1.807) is 0 Å². The molecule has 0 aromatic heterocycles. The third-order valence-electron chi connectivity index (χ3n) is 1.10. The van der Waals surface area contributed by atoms with Crippen LogP contribution in [0.2, 0.25) is 0 Å². The highest BCUT2D eigenvalue weighted by Gasteiger charge is 2.15. The van der Waals surface area contributed by atoms with Gasteiger partial charge in [0.1, 0.15) is 0 Å². The van der Waals surface area contributed by atoms with E-state index >= 15 is 0 Å². The van der Waals surface area contributed by atoms with Crippen molar-refractivity contribution in [2.75, 3.05) is 7.05 Å². The van der Waals surface area contributed by atoms with E-state index in [-0.39, 0.29) is 0 Å². The van der Waals surface area contributed by atoms with E-state index in [4.69, 9.17) is 0 Å². The summed E-state index contributed by atoms with van der Waals surface area (Å²) in [6.45, 7) is 6.17. The van der Waals surface area contributed by atoms with E-state index < -0.39 is 0 Å². The van der Waals surface area contributed by atoms with Crippen LogP contribution in [0.15, 0.2) is 11.8 Å². The van der Waals surface area contributed by atoms with Crippen molar-refractivity contribution in [2.45, 2.75) is 20.8 Å². The first-order valence-electron chi connectivity index (χ1n) is 3.24. The highest BCUT2D eigenvalue weighted by molar-refractivity contribution is 5.24. The van der Waals surface area contributed by atoms with Gasteiger partial charge < -0.3 is 5.32 Å². The molecule has 0 radical (unpaired) electrons. The van der Waals surface area contributed by atoms with Gasteiger partial charge in [-0.3, -0.25) is 0 Å². The molecule has 0 saturated heterocycles. The summed E-state index contributed by atoms with van der Waals surface area (Å²) in [7, 11) is 1.95. The van der Waals surface area contributed by atoms with Crippen molar-refractivity contribution in [3.05, 3.63) is 11.8 Å². The van der Waals surface area contributed by atoms with E-state index in [0.717, 1.165) is 5.92 Å². The standard InChI is InChI=1S/C5H9N.C2H6/c1-4-3-5(4)6-2;1-2/h3-4,6H,1-2H3;1-2H3. The lowest BCUT2D eigenvalue weighted by atomic mass is 10.4. The maximum absolute atomic E-state index is 3.05. The van der Waals surface area contributed by atoms with Crippen molar-refractivity contribution in [1.29, 1.82) is 0 Å². The zero-order valence-corrected chi connectivity index (χ0v) is 6.15. The summed E-state index contributed by atoms with van der Waals surface area (Å²) < 4.78 is 0. The van der Waals surface area contributed by atoms with Crippen LogP contribution < -0.4 is 5.32 Å². The summed E-state index contributed by atoms with van der Waals surface area (Å²) in [5.74, 6) is 0.745. The molecule has 0 spiro atoms. The Morgan fingerprint density at radius 2 is 1.88 bits per heavy atom. The van der Waals surface area contributed by atoms with Gasteiger partial charge in [0.2, 0.25) is 0 Å². The minimum atomic E-state index is 0.745. The number of rotatable bonds is 1. The lowest BCUT2D eigenvalue weighted by Crippen LogP contribution is -1.97. The first-order chi connectivity index (χ1) is 3.84. The van der Waals surface area contributed by atoms with Crippen LogP contribution in [0.5, 0.6) is 0 Å². The van der Waals surface area contributed by atoms with Gasteiger partial charge in [-0.05, 0) is 0 Å². The van der Waals surface area contributed by atoms with Gasteiger partial charge in [-0.15, -0.1) is 0 Å². The second-order valence-electron chi connectivity index (χ2n) is 1.66. The molecular formula is C7H15N. The summed E-state index contributed by atoms with van der Waals surface area (Å²) in [4.78, 5) is 0. The molecule has 1 heteroatoms. The zero-order chi connectivity index (χ0) is 6.57. The fourth-order valence-corrected chi connectivity index (χ4v) is 0.532. The van der Waals surface area contributed by atoms with Crippen molar-refractivity contribution in [3.63, 3.8) is 0 Å². The summed E-state index contributed by atoms with van der Waals surface area (Å²) in [5.41, 5.74) is 1.38. The van der Waals surface area contributed by atoms with Crippen LogP contribution in [0.3, 0.4) is 0 Å². The third kappa shape index (κ3) is 2.01. The quantitative estimate of drug-likeness (QED) is 0.546. The first kappa shape index (κ1) is 7.54. The van der Waals surface area contributed by atoms with E-state index in [2.05, 4.69) is 18.3 Å². The monoisotopic (exact) mass is 113 g/mol. The van der Waals surface area contributed by atoms with Crippen LogP contribution in [0.4, 0.5) is 0 Å². The van der Waals surface area contributed by atoms with Gasteiger partial charge in [-0.25, -0.2) is 0 Å². The normalized spacial score (nSPS) is 22.5. The molecular weight excluding hydrogens is 98.1 g/mol. The molecule has 1 rings (SSSR count). The molecule has 1 unspecified atom stereocenters. The van der Waals surface area contributed by atoms with Gasteiger partial charge in [0.15, 0.2) is 0 Å². The first-order valence-corrected chi connectivity index (χ1v) is 3.24. The molecule has 0 aromatic carbocycles. The predicted octanol–water partition coefficient (Wildman–Crippen LogP) is 1.77. The Kier molecular flexibility index (Phi) is 3.33. The lowest BCUT2D eigenvalue weighted by Gasteiger charge is -1.85. The summed E-state index contributed by atoms with van der Waals surface area (Å²) in [5, 5.41) is 3.05. The molecule has 8 heavy (non-hydrogen) atoms. The van der Waals surface area contributed by atoms with E-state index in [0.29, 0.717) is 0 Å². The molecule has 1 atom stereocenters. The average Bonchev–Trinajstić information content (AvgIpc) is 2.52. The van der Waals surface area contributed by atoms with Crippen LogP contribution in [0, 0.1) is 5.92 Å². The van der Waals surface area contributed by atoms with Gasteiger partial charge in [0, 0.05) is 18.7 Å². The topological polar surface area (TPSA) is 12.0 Å². The Labute approximate surface area is 51.8 Å². The van der Waals surface area contributed by atoms with Crippen LogP contribution >= 0.6 is 0 Å². The predicted molar refractivity (Wildman–Crippen MR) is 37.7 cm³/mol. The fraction of sp³-hybridized carbons (Fsp3) is 0.714. The molecule has 0 heterocycles. The maximum Gasteiger partial charge on any atom is 0.0155 e. The van der Waals surface area contributed by atoms with Crippen LogP contribution in [-0.2, 0) is 0 Å². The molecule has 1 aliphatic rings. The molecule has 1 aliphatic carbocycles. The van der Waals surface area contributed by atoms with Crippen LogP contribution in [-0.4, -0.2) is 7.05 Å². The molecule has 1 nitrogen and oxygen atoms in total. The minimum Gasteiger partial charge on any atom is -0.391 e. The van der Waals surface area contributed by atoms with Crippen molar-refractivity contribution in [2.24, 2.45) is 5.92 Å². The third-order valence-corrected chi connectivity index (χ3v) is 1.10. The fourth-order valence-electron chi connectivity index (χ4n) is 0.532. The number of allylic oxidation sites excluding steroid dienone is 2. The Morgan fingerprint density at radius 3 is 1.88 bits per heavy atom. The minimum absolute atomic E-state index is 0.745. The average molecular weight is 113 g/mol. The van der Waals surface area contributed by atoms with Crippen molar-refractivity contribution >= 4 is 0 Å². The van der Waals surface area contributed by atoms with Gasteiger partial charge in [-0.1, -0.05) is 26.8 Å². The highest BCUT2D eigenvalue weighted by Crippen LogP contribution is 2.23. The molecule has 0 fully saturated rings. The summed E-state index contributed by atoms with van der Waals surface area (Å²) >= 11 is 0. The van der Waals surface area contributed by atoms with Gasteiger partial charge in [0.25, 0.3) is 0 Å². The van der Waals surface area contributed by atoms with E-state index in [9.17, 15) is 0 Å². The molecule has 0 aliphatic heterocycles. The van der Waals surface area contributed by atoms with Gasteiger partial charge >= 0.3 is 0 Å². The molecule has 0 amide bonds. The second kappa shape index (κ2) is 3.53. The number of nitrogens with one attached hydrogen (secondary N) is 1. The Bertz CT molecular complexity index is 84.4. The second-order valence-corrected chi connectivity index (χ2v) is 1.66. The maximum atomic E-state index is 3.05. The van der Waals surface area contributed by atoms with Gasteiger partial charge in [0.05, 0.1) is 0 Å². The Morgan fingerprint density at radius 1 is 1.50 bits per heavy atom. The van der Waals surface area contributed by atoms with Crippen molar-refractivity contribution in [1.82, 2.24) is 5.32 Å². The SMILES string of the molecule is CC.CNC1=CC1C. The van der Waals surface area contributed by atoms with Crippen molar-refractivity contribution < 1.29 is 0 Å². The lowest BCUT2D eigenvalue weighted by molar-refractivity contribution is 0.908. The van der Waals surface area contributed by atoms with E-state index in [1.807, 2.05) is 20.9 Å². The Hall–Kier alpha value is -0.460. The molecule has 1 N–H and O–H groups in total. The summed E-state index contributed by atoms with van der Waals surface area (Å²) in [6.07, 6.45) is 2.19. The molecule has 0 saturated carbocycles. The summed E-state index contributed by atoms with van der Waals surface area (Å²) in [6, 6.07) is 0. The largest absolute Gasteiger partial charge is 0.391 e. The highest BCUT2D eigenvalue weighted by atomic mass is 14.9. The molecule has 48 valence electrons. The smallest absolute Gasteiger partial charge is 0.0155 e. The van der Waals surface area contributed by atoms with Crippen LogP contribution in [0.1, 0.15) is 20.8 Å². The number of hydrogen-bond acceptors (Lipinski definition) is 1. The van der Waals surface area contributed by atoms with Gasteiger partial charge in [-0.2, -0.15) is 0 Å².